The van der Waals surface area contributed by atoms with Crippen molar-refractivity contribution in [1.82, 2.24) is 4.90 Å². The lowest BCUT2D eigenvalue weighted by atomic mass is 9.75. The van der Waals surface area contributed by atoms with Crippen molar-refractivity contribution in [3.05, 3.63) is 65.7 Å². The van der Waals surface area contributed by atoms with Gasteiger partial charge in [-0.2, -0.15) is 0 Å². The SMILES string of the molecule is COc1ccc([C@H](CCN(Cc2ccccc2)C(C)=O)[C@@H]2CCOC(C)(C)C2)cc1. The highest BCUT2D eigenvalue weighted by atomic mass is 16.5. The zero-order chi connectivity index (χ0) is 21.6. The second-order valence-corrected chi connectivity index (χ2v) is 8.96. The summed E-state index contributed by atoms with van der Waals surface area (Å²) in [6.45, 7) is 8.24. The Morgan fingerprint density at radius 1 is 1.17 bits per heavy atom. The van der Waals surface area contributed by atoms with Crippen LogP contribution in [0.3, 0.4) is 0 Å². The second-order valence-electron chi connectivity index (χ2n) is 8.96. The molecule has 1 aliphatic heterocycles. The molecule has 3 rings (SSSR count). The maximum atomic E-state index is 12.3. The minimum absolute atomic E-state index is 0.0993. The van der Waals surface area contributed by atoms with Gasteiger partial charge in [-0.25, -0.2) is 0 Å². The Morgan fingerprint density at radius 3 is 2.47 bits per heavy atom. The minimum atomic E-state index is -0.0993. The lowest BCUT2D eigenvalue weighted by Crippen LogP contribution is -2.37. The lowest BCUT2D eigenvalue weighted by molar-refractivity contribution is -0.129. The van der Waals surface area contributed by atoms with Crippen LogP contribution in [0.25, 0.3) is 0 Å². The summed E-state index contributed by atoms with van der Waals surface area (Å²) >= 11 is 0. The summed E-state index contributed by atoms with van der Waals surface area (Å²) in [4.78, 5) is 14.3. The van der Waals surface area contributed by atoms with E-state index in [-0.39, 0.29) is 11.5 Å². The molecular formula is C26H35NO3. The van der Waals surface area contributed by atoms with Gasteiger partial charge in [-0.15, -0.1) is 0 Å². The molecule has 1 heterocycles. The summed E-state index contributed by atoms with van der Waals surface area (Å²) in [6, 6.07) is 18.7. The summed E-state index contributed by atoms with van der Waals surface area (Å²) in [5.41, 5.74) is 2.39. The van der Waals surface area contributed by atoms with E-state index in [4.69, 9.17) is 9.47 Å². The van der Waals surface area contributed by atoms with Crippen molar-refractivity contribution in [2.45, 2.75) is 58.1 Å². The van der Waals surface area contributed by atoms with Crippen molar-refractivity contribution in [3.8, 4) is 5.75 Å². The number of hydrogen-bond acceptors (Lipinski definition) is 3. The van der Waals surface area contributed by atoms with Crippen LogP contribution in [0.15, 0.2) is 54.6 Å². The molecule has 1 saturated heterocycles. The zero-order valence-corrected chi connectivity index (χ0v) is 18.8. The molecule has 2 aromatic rings. The first kappa shape index (κ1) is 22.4. The molecule has 0 N–H and O–H groups in total. The third kappa shape index (κ3) is 6.09. The average molecular weight is 410 g/mol. The van der Waals surface area contributed by atoms with Gasteiger partial charge in [0.25, 0.3) is 0 Å². The number of rotatable bonds is 8. The monoisotopic (exact) mass is 409 g/mol. The van der Waals surface area contributed by atoms with Crippen LogP contribution in [-0.4, -0.2) is 36.7 Å². The largest absolute Gasteiger partial charge is 0.497 e. The van der Waals surface area contributed by atoms with Gasteiger partial charge in [0.05, 0.1) is 12.7 Å². The van der Waals surface area contributed by atoms with Crippen molar-refractivity contribution in [2.24, 2.45) is 5.92 Å². The number of methoxy groups -OCH3 is 1. The fourth-order valence-electron chi connectivity index (χ4n) is 4.59. The van der Waals surface area contributed by atoms with Crippen LogP contribution in [0.4, 0.5) is 0 Å². The minimum Gasteiger partial charge on any atom is -0.497 e. The first-order valence-electron chi connectivity index (χ1n) is 11.0. The average Bonchev–Trinajstić information content (AvgIpc) is 2.73. The zero-order valence-electron chi connectivity index (χ0n) is 18.8. The first-order chi connectivity index (χ1) is 14.4. The molecule has 0 bridgehead atoms. The number of carbonyl (C=O) groups excluding carboxylic acids is 1. The standard InChI is InChI=1S/C26H35NO3/c1-20(28)27(19-21-8-6-5-7-9-21)16-14-25(22-10-12-24(29-4)13-11-22)23-15-17-30-26(2,3)18-23/h5-13,23,25H,14-19H2,1-4H3/t23-,25+/m1/s1. The van der Waals surface area contributed by atoms with E-state index < -0.39 is 0 Å². The van der Waals surface area contributed by atoms with Gasteiger partial charge >= 0.3 is 0 Å². The summed E-state index contributed by atoms with van der Waals surface area (Å²) in [6.07, 6.45) is 3.03. The van der Waals surface area contributed by atoms with E-state index in [0.717, 1.165) is 38.2 Å². The summed E-state index contributed by atoms with van der Waals surface area (Å²) < 4.78 is 11.3. The van der Waals surface area contributed by atoms with Crippen LogP contribution in [-0.2, 0) is 16.1 Å². The Hall–Kier alpha value is -2.33. The lowest BCUT2D eigenvalue weighted by Gasteiger charge is -2.40. The van der Waals surface area contributed by atoms with Crippen molar-refractivity contribution in [3.63, 3.8) is 0 Å². The number of benzene rings is 2. The fraction of sp³-hybridized carbons (Fsp3) is 0.500. The molecular weight excluding hydrogens is 374 g/mol. The summed E-state index contributed by atoms with van der Waals surface area (Å²) in [7, 11) is 1.70. The molecule has 0 radical (unpaired) electrons. The van der Waals surface area contributed by atoms with Gasteiger partial charge in [-0.1, -0.05) is 42.5 Å². The Labute approximate surface area is 181 Å². The molecule has 0 aromatic heterocycles. The molecule has 1 amide bonds. The molecule has 2 aromatic carbocycles. The molecule has 0 spiro atoms. The van der Waals surface area contributed by atoms with Gasteiger partial charge in [0.2, 0.25) is 5.91 Å². The normalized spacial score (nSPS) is 19.1. The van der Waals surface area contributed by atoms with E-state index in [1.54, 1.807) is 14.0 Å². The van der Waals surface area contributed by atoms with Crippen molar-refractivity contribution >= 4 is 5.91 Å². The Kier molecular flexibility index (Phi) is 7.54. The van der Waals surface area contributed by atoms with Crippen LogP contribution in [0, 0.1) is 5.92 Å². The van der Waals surface area contributed by atoms with Gasteiger partial charge in [0, 0.05) is 26.6 Å². The molecule has 30 heavy (non-hydrogen) atoms. The third-order valence-corrected chi connectivity index (χ3v) is 6.22. The molecule has 0 unspecified atom stereocenters. The summed E-state index contributed by atoms with van der Waals surface area (Å²) in [5.74, 6) is 1.92. The predicted octanol–water partition coefficient (Wildman–Crippen LogP) is 5.42. The Balaban J connectivity index is 1.77. The van der Waals surface area contributed by atoms with E-state index in [2.05, 4.69) is 38.1 Å². The number of amides is 1. The van der Waals surface area contributed by atoms with Crippen molar-refractivity contribution < 1.29 is 14.3 Å². The molecule has 1 fully saturated rings. The molecule has 2 atom stereocenters. The van der Waals surface area contributed by atoms with E-state index in [1.807, 2.05) is 35.2 Å². The van der Waals surface area contributed by atoms with Gasteiger partial charge in [-0.05, 0) is 68.2 Å². The van der Waals surface area contributed by atoms with Gasteiger partial charge in [0.1, 0.15) is 5.75 Å². The fourth-order valence-corrected chi connectivity index (χ4v) is 4.59. The smallest absolute Gasteiger partial charge is 0.219 e. The van der Waals surface area contributed by atoms with Crippen molar-refractivity contribution in [2.75, 3.05) is 20.3 Å². The van der Waals surface area contributed by atoms with Gasteiger partial charge in [0.15, 0.2) is 0 Å². The highest BCUT2D eigenvalue weighted by Gasteiger charge is 2.34. The predicted molar refractivity (Wildman–Crippen MR) is 121 cm³/mol. The number of nitrogens with zero attached hydrogens (tertiary/aromatic N) is 1. The van der Waals surface area contributed by atoms with Crippen molar-refractivity contribution in [1.29, 1.82) is 0 Å². The van der Waals surface area contributed by atoms with E-state index >= 15 is 0 Å². The topological polar surface area (TPSA) is 38.8 Å². The Bertz CT molecular complexity index is 801. The highest BCUT2D eigenvalue weighted by Crippen LogP contribution is 2.40. The molecule has 1 aliphatic rings. The maximum absolute atomic E-state index is 12.3. The molecule has 162 valence electrons. The van der Waals surface area contributed by atoms with Gasteiger partial charge in [-0.3, -0.25) is 4.79 Å². The number of ether oxygens (including phenoxy) is 2. The maximum Gasteiger partial charge on any atom is 0.219 e. The van der Waals surface area contributed by atoms with Crippen LogP contribution < -0.4 is 4.74 Å². The number of hydrogen-bond donors (Lipinski definition) is 0. The van der Waals surface area contributed by atoms with E-state index in [9.17, 15) is 4.79 Å². The molecule has 4 nitrogen and oxygen atoms in total. The van der Waals surface area contributed by atoms with Crippen LogP contribution in [0.5, 0.6) is 5.75 Å². The van der Waals surface area contributed by atoms with Gasteiger partial charge < -0.3 is 14.4 Å². The first-order valence-corrected chi connectivity index (χ1v) is 11.0. The highest BCUT2D eigenvalue weighted by molar-refractivity contribution is 5.73. The summed E-state index contributed by atoms with van der Waals surface area (Å²) in [5, 5.41) is 0. The molecule has 4 heteroatoms. The van der Waals surface area contributed by atoms with Crippen LogP contribution in [0.1, 0.15) is 57.1 Å². The molecule has 0 aliphatic carbocycles. The van der Waals surface area contributed by atoms with E-state index in [1.165, 1.54) is 11.1 Å². The second kappa shape index (κ2) is 10.1. The molecule has 0 saturated carbocycles. The Morgan fingerprint density at radius 2 is 1.87 bits per heavy atom. The van der Waals surface area contributed by atoms with Crippen LogP contribution in [0.2, 0.25) is 0 Å². The quantitative estimate of drug-likeness (QED) is 0.584. The van der Waals surface area contributed by atoms with Crippen LogP contribution >= 0.6 is 0 Å². The number of carbonyl (C=O) groups is 1. The third-order valence-electron chi connectivity index (χ3n) is 6.22. The van der Waals surface area contributed by atoms with E-state index in [0.29, 0.717) is 18.4 Å².